The van der Waals surface area contributed by atoms with Crippen molar-refractivity contribution in [2.24, 2.45) is 11.8 Å². The largest absolute Gasteiger partial charge is 0.375 e. The monoisotopic (exact) mass is 211 g/mol. The Balaban J connectivity index is 1.93. The third kappa shape index (κ3) is 2.07. The molecule has 2 atom stereocenters. The Morgan fingerprint density at radius 2 is 2.14 bits per heavy atom. The molecule has 2 rings (SSSR count). The number of anilines is 1. The summed E-state index contributed by atoms with van der Waals surface area (Å²) < 4.78 is 0. The molecule has 0 bridgehead atoms. The van der Waals surface area contributed by atoms with Crippen LogP contribution in [0.3, 0.4) is 0 Å². The van der Waals surface area contributed by atoms with Crippen LogP contribution in [0.5, 0.6) is 0 Å². The van der Waals surface area contributed by atoms with Gasteiger partial charge in [0.15, 0.2) is 5.13 Å². The zero-order valence-corrected chi connectivity index (χ0v) is 9.55. The van der Waals surface area contributed by atoms with E-state index in [2.05, 4.69) is 23.7 Å². The SMILES string of the molecule is CC1CN(Cc2cnc(N)s2)CC1C. The van der Waals surface area contributed by atoms with E-state index in [4.69, 9.17) is 5.73 Å². The molecule has 1 saturated heterocycles. The maximum atomic E-state index is 5.60. The van der Waals surface area contributed by atoms with E-state index in [1.54, 1.807) is 11.3 Å². The highest BCUT2D eigenvalue weighted by molar-refractivity contribution is 7.15. The average molecular weight is 211 g/mol. The van der Waals surface area contributed by atoms with Gasteiger partial charge in [-0.2, -0.15) is 0 Å². The molecule has 3 nitrogen and oxygen atoms in total. The van der Waals surface area contributed by atoms with Gasteiger partial charge in [0.05, 0.1) is 0 Å². The van der Waals surface area contributed by atoms with E-state index in [9.17, 15) is 0 Å². The number of nitrogens with two attached hydrogens (primary N) is 1. The number of nitrogen functional groups attached to an aromatic ring is 1. The molecule has 0 spiro atoms. The summed E-state index contributed by atoms with van der Waals surface area (Å²) in [5.74, 6) is 1.64. The molecule has 2 unspecified atom stereocenters. The fourth-order valence-corrected chi connectivity index (χ4v) is 2.72. The van der Waals surface area contributed by atoms with Gasteiger partial charge in [-0.25, -0.2) is 4.98 Å². The number of thiazole rings is 1. The van der Waals surface area contributed by atoms with E-state index in [1.807, 2.05) is 6.20 Å². The van der Waals surface area contributed by atoms with Crippen LogP contribution in [0.1, 0.15) is 18.7 Å². The van der Waals surface area contributed by atoms with Gasteiger partial charge in [-0.05, 0) is 11.8 Å². The van der Waals surface area contributed by atoms with Crippen LogP contribution in [0.15, 0.2) is 6.20 Å². The predicted octanol–water partition coefficient (Wildman–Crippen LogP) is 1.81. The maximum Gasteiger partial charge on any atom is 0.180 e. The highest BCUT2D eigenvalue weighted by Gasteiger charge is 2.25. The van der Waals surface area contributed by atoms with E-state index in [0.29, 0.717) is 5.13 Å². The average Bonchev–Trinajstić information content (AvgIpc) is 2.62. The number of rotatable bonds is 2. The molecule has 0 radical (unpaired) electrons. The predicted molar refractivity (Wildman–Crippen MR) is 60.1 cm³/mol. The third-order valence-corrected chi connectivity index (χ3v) is 3.83. The first kappa shape index (κ1) is 9.93. The van der Waals surface area contributed by atoms with Crippen molar-refractivity contribution in [3.05, 3.63) is 11.1 Å². The minimum absolute atomic E-state index is 0.681. The van der Waals surface area contributed by atoms with Crippen LogP contribution in [0.2, 0.25) is 0 Å². The van der Waals surface area contributed by atoms with Crippen molar-refractivity contribution < 1.29 is 0 Å². The van der Waals surface area contributed by atoms with E-state index in [0.717, 1.165) is 18.4 Å². The van der Waals surface area contributed by atoms with Gasteiger partial charge in [-0.15, -0.1) is 11.3 Å². The van der Waals surface area contributed by atoms with Gasteiger partial charge < -0.3 is 5.73 Å². The molecule has 0 amide bonds. The molecular weight excluding hydrogens is 194 g/mol. The summed E-state index contributed by atoms with van der Waals surface area (Å²) in [6.07, 6.45) is 1.90. The molecule has 0 saturated carbocycles. The standard InChI is InChI=1S/C10H17N3S/c1-7-4-13(5-8(7)2)6-9-3-12-10(11)14-9/h3,7-8H,4-6H2,1-2H3,(H2,11,12). The van der Waals surface area contributed by atoms with Crippen LogP contribution < -0.4 is 5.73 Å². The van der Waals surface area contributed by atoms with Crippen molar-refractivity contribution in [1.82, 2.24) is 9.88 Å². The summed E-state index contributed by atoms with van der Waals surface area (Å²) >= 11 is 1.60. The van der Waals surface area contributed by atoms with Crippen LogP contribution in [-0.2, 0) is 6.54 Å². The fraction of sp³-hybridized carbons (Fsp3) is 0.700. The van der Waals surface area contributed by atoms with Gasteiger partial charge in [0.1, 0.15) is 0 Å². The van der Waals surface area contributed by atoms with E-state index in [1.165, 1.54) is 18.0 Å². The molecule has 0 aromatic carbocycles. The highest BCUT2D eigenvalue weighted by Crippen LogP contribution is 2.25. The Morgan fingerprint density at radius 1 is 1.50 bits per heavy atom. The van der Waals surface area contributed by atoms with E-state index in [-0.39, 0.29) is 0 Å². The Labute approximate surface area is 88.9 Å². The van der Waals surface area contributed by atoms with E-state index < -0.39 is 0 Å². The first-order valence-corrected chi connectivity index (χ1v) is 5.89. The molecule has 1 aliphatic heterocycles. The Hall–Kier alpha value is -0.610. The van der Waals surface area contributed by atoms with E-state index >= 15 is 0 Å². The van der Waals surface area contributed by atoms with Crippen LogP contribution in [0.25, 0.3) is 0 Å². The molecular formula is C10H17N3S. The molecule has 1 aliphatic rings. The van der Waals surface area contributed by atoms with Crippen molar-refractivity contribution in [2.75, 3.05) is 18.8 Å². The molecule has 78 valence electrons. The van der Waals surface area contributed by atoms with Crippen molar-refractivity contribution in [3.63, 3.8) is 0 Å². The second-order valence-corrected chi connectivity index (χ2v) is 5.46. The lowest BCUT2D eigenvalue weighted by Gasteiger charge is -2.12. The summed E-state index contributed by atoms with van der Waals surface area (Å²) in [6.45, 7) is 8.08. The molecule has 2 heterocycles. The van der Waals surface area contributed by atoms with Crippen molar-refractivity contribution in [2.45, 2.75) is 20.4 Å². The summed E-state index contributed by atoms with van der Waals surface area (Å²) in [7, 11) is 0. The summed E-state index contributed by atoms with van der Waals surface area (Å²) in [5, 5.41) is 0.681. The minimum Gasteiger partial charge on any atom is -0.375 e. The van der Waals surface area contributed by atoms with Gasteiger partial charge in [0.2, 0.25) is 0 Å². The Bertz CT molecular complexity index is 300. The minimum atomic E-state index is 0.681. The Kier molecular flexibility index (Phi) is 2.74. The van der Waals surface area contributed by atoms with Crippen LogP contribution in [-0.4, -0.2) is 23.0 Å². The number of aromatic nitrogens is 1. The van der Waals surface area contributed by atoms with Gasteiger partial charge in [-0.3, -0.25) is 4.90 Å². The fourth-order valence-electron chi connectivity index (χ4n) is 1.99. The zero-order valence-electron chi connectivity index (χ0n) is 8.73. The third-order valence-electron chi connectivity index (χ3n) is 3.01. The van der Waals surface area contributed by atoms with Crippen molar-refractivity contribution >= 4 is 16.5 Å². The lowest BCUT2D eigenvalue weighted by molar-refractivity contribution is 0.319. The lowest BCUT2D eigenvalue weighted by Crippen LogP contribution is -2.19. The zero-order chi connectivity index (χ0) is 10.1. The molecule has 1 aromatic heterocycles. The molecule has 4 heteroatoms. The van der Waals surface area contributed by atoms with Crippen LogP contribution >= 0.6 is 11.3 Å². The summed E-state index contributed by atoms with van der Waals surface area (Å²) in [4.78, 5) is 7.84. The Morgan fingerprint density at radius 3 is 2.64 bits per heavy atom. The second kappa shape index (κ2) is 3.87. The number of hydrogen-bond acceptors (Lipinski definition) is 4. The van der Waals surface area contributed by atoms with Gasteiger partial charge >= 0.3 is 0 Å². The van der Waals surface area contributed by atoms with Crippen LogP contribution in [0, 0.1) is 11.8 Å². The summed E-state index contributed by atoms with van der Waals surface area (Å²) in [5.41, 5.74) is 5.60. The first-order valence-electron chi connectivity index (χ1n) is 5.07. The van der Waals surface area contributed by atoms with Crippen molar-refractivity contribution in [3.8, 4) is 0 Å². The number of nitrogens with zero attached hydrogens (tertiary/aromatic N) is 2. The van der Waals surface area contributed by atoms with Gasteiger partial charge in [-0.1, -0.05) is 13.8 Å². The molecule has 14 heavy (non-hydrogen) atoms. The number of likely N-dealkylation sites (tertiary alicyclic amines) is 1. The second-order valence-electron chi connectivity index (χ2n) is 4.31. The molecule has 2 N–H and O–H groups in total. The lowest BCUT2D eigenvalue weighted by atomic mass is 10.0. The molecule has 1 fully saturated rings. The highest BCUT2D eigenvalue weighted by atomic mass is 32.1. The quantitative estimate of drug-likeness (QED) is 0.811. The summed E-state index contributed by atoms with van der Waals surface area (Å²) in [6, 6.07) is 0. The smallest absolute Gasteiger partial charge is 0.180 e. The number of hydrogen-bond donors (Lipinski definition) is 1. The van der Waals surface area contributed by atoms with Crippen LogP contribution in [0.4, 0.5) is 5.13 Å². The van der Waals surface area contributed by atoms with Gasteiger partial charge in [0, 0.05) is 30.7 Å². The maximum absolute atomic E-state index is 5.60. The van der Waals surface area contributed by atoms with Crippen molar-refractivity contribution in [1.29, 1.82) is 0 Å². The first-order chi connectivity index (χ1) is 6.65. The molecule has 1 aromatic rings. The van der Waals surface area contributed by atoms with Gasteiger partial charge in [0.25, 0.3) is 0 Å². The normalized spacial score (nSPS) is 28.4. The molecule has 0 aliphatic carbocycles. The topological polar surface area (TPSA) is 42.2 Å².